The van der Waals surface area contributed by atoms with Crippen molar-refractivity contribution in [3.63, 3.8) is 0 Å². The summed E-state index contributed by atoms with van der Waals surface area (Å²) in [5, 5.41) is 3.61. The Bertz CT molecular complexity index is 512. The molecule has 21 heavy (non-hydrogen) atoms. The van der Waals surface area contributed by atoms with Gasteiger partial charge >= 0.3 is 0 Å². The molecule has 1 heterocycles. The Morgan fingerprint density at radius 1 is 1.33 bits per heavy atom. The van der Waals surface area contributed by atoms with Crippen LogP contribution in [0, 0.1) is 5.92 Å². The highest BCUT2D eigenvalue weighted by atomic mass is 16.5. The summed E-state index contributed by atoms with van der Waals surface area (Å²) in [6.45, 7) is 3.14. The second-order valence-corrected chi connectivity index (χ2v) is 5.95. The first-order chi connectivity index (χ1) is 10.3. The van der Waals surface area contributed by atoms with Crippen molar-refractivity contribution in [1.82, 2.24) is 5.32 Å². The first kappa shape index (κ1) is 14.5. The van der Waals surface area contributed by atoms with E-state index >= 15 is 0 Å². The summed E-state index contributed by atoms with van der Waals surface area (Å²) in [6.07, 6.45) is 9.52. The van der Waals surface area contributed by atoms with Crippen LogP contribution < -0.4 is 14.8 Å². The molecule has 0 amide bonds. The lowest BCUT2D eigenvalue weighted by Crippen LogP contribution is -2.37. The van der Waals surface area contributed by atoms with Gasteiger partial charge < -0.3 is 14.8 Å². The van der Waals surface area contributed by atoms with E-state index in [0.717, 1.165) is 30.9 Å². The minimum atomic E-state index is 0.304. The zero-order chi connectivity index (χ0) is 14.7. The molecule has 2 aliphatic rings. The maximum atomic E-state index is 6.34. The van der Waals surface area contributed by atoms with E-state index in [0.29, 0.717) is 18.1 Å². The molecule has 3 heteroatoms. The summed E-state index contributed by atoms with van der Waals surface area (Å²) in [5.74, 6) is 2.50. The predicted octanol–water partition coefficient (Wildman–Crippen LogP) is 3.85. The fourth-order valence-corrected chi connectivity index (χ4v) is 3.49. The topological polar surface area (TPSA) is 30.5 Å². The monoisotopic (exact) mass is 287 g/mol. The van der Waals surface area contributed by atoms with E-state index in [1.54, 1.807) is 7.11 Å². The van der Waals surface area contributed by atoms with Gasteiger partial charge in [0.15, 0.2) is 0 Å². The first-order valence-electron chi connectivity index (χ1n) is 8.04. The van der Waals surface area contributed by atoms with Gasteiger partial charge in [0.2, 0.25) is 0 Å². The van der Waals surface area contributed by atoms with Crippen LogP contribution in [0.2, 0.25) is 0 Å². The van der Waals surface area contributed by atoms with E-state index in [2.05, 4.69) is 30.5 Å². The van der Waals surface area contributed by atoms with Crippen LogP contribution in [0.5, 0.6) is 11.5 Å². The van der Waals surface area contributed by atoms with E-state index in [1.165, 1.54) is 18.4 Å². The van der Waals surface area contributed by atoms with Crippen LogP contribution in [0.4, 0.5) is 0 Å². The van der Waals surface area contributed by atoms with E-state index in [-0.39, 0.29) is 0 Å². The molecule has 0 spiro atoms. The molecule has 0 radical (unpaired) electrons. The lowest BCUT2D eigenvalue weighted by Gasteiger charge is -2.37. The number of allylic oxidation sites excluding steroid dienone is 2. The Hall–Kier alpha value is -1.48. The fourth-order valence-electron chi connectivity index (χ4n) is 3.49. The van der Waals surface area contributed by atoms with Crippen LogP contribution in [0.15, 0.2) is 30.4 Å². The van der Waals surface area contributed by atoms with Crippen molar-refractivity contribution < 1.29 is 9.47 Å². The van der Waals surface area contributed by atoms with Crippen molar-refractivity contribution in [1.29, 1.82) is 0 Å². The Labute approximate surface area is 127 Å². The summed E-state index contributed by atoms with van der Waals surface area (Å²) in [5.41, 5.74) is 1.26. The molecule has 0 bridgehead atoms. The molecule has 3 rings (SSSR count). The molecular weight excluding hydrogens is 262 g/mol. The minimum Gasteiger partial charge on any atom is -0.497 e. The summed E-state index contributed by atoms with van der Waals surface area (Å²) in [6, 6.07) is 6.58. The Kier molecular flexibility index (Phi) is 4.49. The number of rotatable bonds is 4. The molecule has 3 atom stereocenters. The molecule has 1 aliphatic carbocycles. The highest BCUT2D eigenvalue weighted by Gasteiger charge is 2.33. The van der Waals surface area contributed by atoms with Gasteiger partial charge in [0.1, 0.15) is 17.6 Å². The third-order valence-corrected chi connectivity index (χ3v) is 4.63. The molecule has 0 saturated heterocycles. The van der Waals surface area contributed by atoms with Crippen LogP contribution >= 0.6 is 0 Å². The molecule has 1 N–H and O–H groups in total. The van der Waals surface area contributed by atoms with Gasteiger partial charge in [-0.15, -0.1) is 0 Å². The van der Waals surface area contributed by atoms with Crippen LogP contribution in [0.3, 0.4) is 0 Å². The maximum absolute atomic E-state index is 6.34. The van der Waals surface area contributed by atoms with Gasteiger partial charge in [-0.3, -0.25) is 0 Å². The standard InChI is InChI=1S/C18H25NO2/c1-3-19-16-12-17(13-7-5-4-6-8-13)21-18-11-14(20-2)9-10-15(16)18/h4-5,9-11,13,16-17,19H,3,6-8,12H2,1-2H3. The van der Waals surface area contributed by atoms with E-state index in [9.17, 15) is 0 Å². The number of hydrogen-bond donors (Lipinski definition) is 1. The van der Waals surface area contributed by atoms with Gasteiger partial charge in [0.05, 0.1) is 7.11 Å². The predicted molar refractivity (Wildman–Crippen MR) is 84.9 cm³/mol. The summed E-state index contributed by atoms with van der Waals surface area (Å²) < 4.78 is 11.7. The quantitative estimate of drug-likeness (QED) is 0.853. The average molecular weight is 287 g/mol. The fraction of sp³-hybridized carbons (Fsp3) is 0.556. The van der Waals surface area contributed by atoms with Gasteiger partial charge in [-0.25, -0.2) is 0 Å². The number of methoxy groups -OCH3 is 1. The summed E-state index contributed by atoms with van der Waals surface area (Å²) in [7, 11) is 1.70. The summed E-state index contributed by atoms with van der Waals surface area (Å²) in [4.78, 5) is 0. The smallest absolute Gasteiger partial charge is 0.128 e. The van der Waals surface area contributed by atoms with Crippen LogP contribution in [0.25, 0.3) is 0 Å². The van der Waals surface area contributed by atoms with Crippen LogP contribution in [0.1, 0.15) is 44.2 Å². The van der Waals surface area contributed by atoms with Crippen molar-refractivity contribution in [3.05, 3.63) is 35.9 Å². The molecule has 1 aromatic carbocycles. The van der Waals surface area contributed by atoms with E-state index in [4.69, 9.17) is 9.47 Å². The third-order valence-electron chi connectivity index (χ3n) is 4.63. The Balaban J connectivity index is 1.85. The normalized spacial score (nSPS) is 27.8. The van der Waals surface area contributed by atoms with Gasteiger partial charge in [-0.05, 0) is 37.8 Å². The molecule has 3 nitrogen and oxygen atoms in total. The number of hydrogen-bond acceptors (Lipinski definition) is 3. The van der Waals surface area contributed by atoms with Crippen molar-refractivity contribution in [2.45, 2.75) is 44.8 Å². The molecule has 1 aliphatic heterocycles. The highest BCUT2D eigenvalue weighted by molar-refractivity contribution is 5.44. The molecule has 114 valence electrons. The van der Waals surface area contributed by atoms with Gasteiger partial charge in [-0.2, -0.15) is 0 Å². The van der Waals surface area contributed by atoms with E-state index in [1.807, 2.05) is 12.1 Å². The maximum Gasteiger partial charge on any atom is 0.128 e. The largest absolute Gasteiger partial charge is 0.497 e. The number of benzene rings is 1. The van der Waals surface area contributed by atoms with Gasteiger partial charge in [0, 0.05) is 24.1 Å². The van der Waals surface area contributed by atoms with Crippen molar-refractivity contribution in [2.75, 3.05) is 13.7 Å². The second kappa shape index (κ2) is 6.52. The lowest BCUT2D eigenvalue weighted by molar-refractivity contribution is 0.0873. The summed E-state index contributed by atoms with van der Waals surface area (Å²) >= 11 is 0. The van der Waals surface area contributed by atoms with Crippen LogP contribution in [-0.2, 0) is 0 Å². The molecule has 0 aromatic heterocycles. The van der Waals surface area contributed by atoms with Crippen LogP contribution in [-0.4, -0.2) is 19.8 Å². The zero-order valence-electron chi connectivity index (χ0n) is 13.0. The van der Waals surface area contributed by atoms with Crippen molar-refractivity contribution >= 4 is 0 Å². The molecule has 0 saturated carbocycles. The zero-order valence-corrected chi connectivity index (χ0v) is 13.0. The van der Waals surface area contributed by atoms with Gasteiger partial charge in [0.25, 0.3) is 0 Å². The number of fused-ring (bicyclic) bond motifs is 1. The van der Waals surface area contributed by atoms with Gasteiger partial charge in [-0.1, -0.05) is 25.1 Å². The Morgan fingerprint density at radius 2 is 2.24 bits per heavy atom. The second-order valence-electron chi connectivity index (χ2n) is 5.95. The molecule has 0 fully saturated rings. The SMILES string of the molecule is CCNC1CC(C2CC=CCC2)Oc2cc(OC)ccc21. The van der Waals surface area contributed by atoms with Crippen molar-refractivity contribution in [2.24, 2.45) is 5.92 Å². The minimum absolute atomic E-state index is 0.304. The highest BCUT2D eigenvalue weighted by Crippen LogP contribution is 2.41. The lowest BCUT2D eigenvalue weighted by atomic mass is 9.83. The number of nitrogens with one attached hydrogen (secondary N) is 1. The third kappa shape index (κ3) is 3.08. The van der Waals surface area contributed by atoms with E-state index < -0.39 is 0 Å². The first-order valence-corrected chi connectivity index (χ1v) is 8.04. The Morgan fingerprint density at radius 3 is 2.95 bits per heavy atom. The molecule has 1 aromatic rings. The number of ether oxygens (including phenoxy) is 2. The van der Waals surface area contributed by atoms with Crippen molar-refractivity contribution in [3.8, 4) is 11.5 Å². The average Bonchev–Trinajstić information content (AvgIpc) is 2.55. The molecule has 3 unspecified atom stereocenters. The molecular formula is C18H25NO2.